The third-order valence-electron chi connectivity index (χ3n) is 2.59. The molecule has 0 aliphatic heterocycles. The van der Waals surface area contributed by atoms with E-state index in [1.807, 2.05) is 30.8 Å². The number of unbranched alkanes of at least 4 members (excludes halogenated alkanes) is 1. The Balaban J connectivity index is 2.10. The fourth-order valence-corrected chi connectivity index (χ4v) is 3.44. The van der Waals surface area contributed by atoms with Crippen LogP contribution in [0.3, 0.4) is 0 Å². The SMILES string of the molecule is CCNC(C)CCCCSc1nnc(N(C)C)s1. The summed E-state index contributed by atoms with van der Waals surface area (Å²) in [7, 11) is 3.99. The number of aromatic nitrogens is 2. The van der Waals surface area contributed by atoms with Gasteiger partial charge in [0.15, 0.2) is 4.34 Å². The number of hydrogen-bond acceptors (Lipinski definition) is 6. The van der Waals surface area contributed by atoms with Crippen LogP contribution in [-0.2, 0) is 0 Å². The van der Waals surface area contributed by atoms with Gasteiger partial charge in [-0.15, -0.1) is 10.2 Å². The van der Waals surface area contributed by atoms with Gasteiger partial charge in [-0.1, -0.05) is 36.4 Å². The van der Waals surface area contributed by atoms with E-state index in [0.29, 0.717) is 6.04 Å². The monoisotopic (exact) mass is 288 g/mol. The summed E-state index contributed by atoms with van der Waals surface area (Å²) in [6.45, 7) is 5.48. The number of thioether (sulfide) groups is 1. The molecule has 0 saturated carbocycles. The molecular weight excluding hydrogens is 264 g/mol. The molecule has 0 saturated heterocycles. The highest BCUT2D eigenvalue weighted by molar-refractivity contribution is 8.01. The van der Waals surface area contributed by atoms with Crippen molar-refractivity contribution in [2.24, 2.45) is 0 Å². The molecule has 104 valence electrons. The van der Waals surface area contributed by atoms with Crippen molar-refractivity contribution in [1.29, 1.82) is 0 Å². The molecule has 18 heavy (non-hydrogen) atoms. The first kappa shape index (κ1) is 15.7. The second-order valence-corrected chi connectivity index (χ2v) is 6.85. The summed E-state index contributed by atoms with van der Waals surface area (Å²) < 4.78 is 1.08. The molecule has 0 spiro atoms. The van der Waals surface area contributed by atoms with Crippen molar-refractivity contribution >= 4 is 28.2 Å². The molecule has 1 heterocycles. The molecule has 0 radical (unpaired) electrons. The van der Waals surface area contributed by atoms with Gasteiger partial charge in [-0.3, -0.25) is 0 Å². The first-order valence-corrected chi connectivity index (χ1v) is 8.30. The van der Waals surface area contributed by atoms with Crippen molar-refractivity contribution in [2.75, 3.05) is 31.3 Å². The first-order chi connectivity index (χ1) is 8.63. The molecule has 1 unspecified atom stereocenters. The average molecular weight is 288 g/mol. The Bertz CT molecular complexity index is 328. The van der Waals surface area contributed by atoms with Gasteiger partial charge in [-0.2, -0.15) is 0 Å². The van der Waals surface area contributed by atoms with Crippen molar-refractivity contribution in [1.82, 2.24) is 15.5 Å². The lowest BCUT2D eigenvalue weighted by atomic mass is 10.1. The fourth-order valence-electron chi connectivity index (χ4n) is 1.60. The predicted octanol–water partition coefficient (Wildman–Crippen LogP) is 2.86. The van der Waals surface area contributed by atoms with Crippen molar-refractivity contribution in [3.8, 4) is 0 Å². The quantitative estimate of drug-likeness (QED) is 0.559. The molecule has 0 fully saturated rings. The maximum absolute atomic E-state index is 4.18. The summed E-state index contributed by atoms with van der Waals surface area (Å²) in [6.07, 6.45) is 3.78. The van der Waals surface area contributed by atoms with E-state index in [9.17, 15) is 0 Å². The van der Waals surface area contributed by atoms with Gasteiger partial charge in [0.2, 0.25) is 5.13 Å². The molecule has 1 atom stereocenters. The standard InChI is InChI=1S/C12H24N4S2/c1-5-13-10(2)8-6-7-9-17-12-15-14-11(18-12)16(3)4/h10,13H,5-9H2,1-4H3. The number of anilines is 1. The molecule has 0 aromatic carbocycles. The molecular formula is C12H24N4S2. The lowest BCUT2D eigenvalue weighted by molar-refractivity contribution is 0.510. The number of nitrogens with zero attached hydrogens (tertiary/aromatic N) is 3. The Labute approximate surface area is 119 Å². The van der Waals surface area contributed by atoms with Crippen LogP contribution in [-0.4, -0.2) is 42.6 Å². The zero-order chi connectivity index (χ0) is 13.4. The van der Waals surface area contributed by atoms with Gasteiger partial charge in [0, 0.05) is 25.9 Å². The van der Waals surface area contributed by atoms with Crippen LogP contribution in [0.5, 0.6) is 0 Å². The fraction of sp³-hybridized carbons (Fsp3) is 0.833. The van der Waals surface area contributed by atoms with Crippen LogP contribution < -0.4 is 10.2 Å². The molecule has 0 amide bonds. The Morgan fingerprint density at radius 2 is 2.11 bits per heavy atom. The van der Waals surface area contributed by atoms with Crippen LogP contribution in [0.4, 0.5) is 5.13 Å². The minimum atomic E-state index is 0.641. The third-order valence-corrected chi connectivity index (χ3v) is 4.90. The maximum Gasteiger partial charge on any atom is 0.208 e. The normalized spacial score (nSPS) is 12.7. The zero-order valence-corrected chi connectivity index (χ0v) is 13.4. The van der Waals surface area contributed by atoms with Gasteiger partial charge < -0.3 is 10.2 Å². The molecule has 0 aliphatic rings. The number of rotatable bonds is 9. The second-order valence-electron chi connectivity index (χ2n) is 4.55. The highest BCUT2D eigenvalue weighted by Gasteiger charge is 2.06. The lowest BCUT2D eigenvalue weighted by Gasteiger charge is -2.10. The summed E-state index contributed by atoms with van der Waals surface area (Å²) in [5, 5.41) is 12.7. The van der Waals surface area contributed by atoms with Gasteiger partial charge in [-0.05, 0) is 26.3 Å². The Morgan fingerprint density at radius 1 is 1.33 bits per heavy atom. The van der Waals surface area contributed by atoms with Crippen LogP contribution in [0.1, 0.15) is 33.1 Å². The summed E-state index contributed by atoms with van der Waals surface area (Å²) >= 11 is 3.49. The molecule has 1 aromatic heterocycles. The van der Waals surface area contributed by atoms with E-state index in [1.165, 1.54) is 19.3 Å². The van der Waals surface area contributed by atoms with Gasteiger partial charge in [-0.25, -0.2) is 0 Å². The number of nitrogens with one attached hydrogen (secondary N) is 1. The largest absolute Gasteiger partial charge is 0.353 e. The van der Waals surface area contributed by atoms with Crippen LogP contribution >= 0.6 is 23.1 Å². The highest BCUT2D eigenvalue weighted by atomic mass is 32.2. The lowest BCUT2D eigenvalue weighted by Crippen LogP contribution is -2.25. The van der Waals surface area contributed by atoms with E-state index >= 15 is 0 Å². The van der Waals surface area contributed by atoms with Crippen molar-refractivity contribution in [3.63, 3.8) is 0 Å². The topological polar surface area (TPSA) is 41.1 Å². The first-order valence-electron chi connectivity index (χ1n) is 6.50. The molecule has 1 aromatic rings. The van der Waals surface area contributed by atoms with Crippen molar-refractivity contribution in [2.45, 2.75) is 43.5 Å². The third kappa shape index (κ3) is 6.02. The summed E-state index contributed by atoms with van der Waals surface area (Å²) in [5.74, 6) is 1.14. The van der Waals surface area contributed by atoms with E-state index < -0.39 is 0 Å². The van der Waals surface area contributed by atoms with E-state index in [4.69, 9.17) is 0 Å². The summed E-state index contributed by atoms with van der Waals surface area (Å²) in [4.78, 5) is 2.00. The second kappa shape index (κ2) is 8.72. The van der Waals surface area contributed by atoms with Gasteiger partial charge in [0.25, 0.3) is 0 Å². The van der Waals surface area contributed by atoms with Crippen LogP contribution in [0, 0.1) is 0 Å². The zero-order valence-electron chi connectivity index (χ0n) is 11.8. The van der Waals surface area contributed by atoms with Gasteiger partial charge in [0.1, 0.15) is 0 Å². The average Bonchev–Trinajstić information content (AvgIpc) is 2.78. The van der Waals surface area contributed by atoms with Crippen LogP contribution in [0.2, 0.25) is 0 Å². The summed E-state index contributed by atoms with van der Waals surface area (Å²) in [5.41, 5.74) is 0. The summed E-state index contributed by atoms with van der Waals surface area (Å²) in [6, 6.07) is 0.641. The van der Waals surface area contributed by atoms with E-state index in [0.717, 1.165) is 21.8 Å². The van der Waals surface area contributed by atoms with Gasteiger partial charge >= 0.3 is 0 Å². The molecule has 1 N–H and O–H groups in total. The smallest absolute Gasteiger partial charge is 0.208 e. The van der Waals surface area contributed by atoms with E-state index in [-0.39, 0.29) is 0 Å². The molecule has 6 heteroatoms. The number of hydrogen-bond donors (Lipinski definition) is 1. The van der Waals surface area contributed by atoms with E-state index in [1.54, 1.807) is 11.3 Å². The Hall–Kier alpha value is -0.330. The molecule has 0 aliphatic carbocycles. The predicted molar refractivity (Wildman–Crippen MR) is 81.9 cm³/mol. The Morgan fingerprint density at radius 3 is 2.72 bits per heavy atom. The van der Waals surface area contributed by atoms with Gasteiger partial charge in [0.05, 0.1) is 0 Å². The maximum atomic E-state index is 4.18. The minimum Gasteiger partial charge on any atom is -0.353 e. The highest BCUT2D eigenvalue weighted by Crippen LogP contribution is 2.27. The molecule has 4 nitrogen and oxygen atoms in total. The van der Waals surface area contributed by atoms with Crippen LogP contribution in [0.25, 0.3) is 0 Å². The van der Waals surface area contributed by atoms with Crippen molar-refractivity contribution < 1.29 is 0 Å². The van der Waals surface area contributed by atoms with E-state index in [2.05, 4.69) is 29.4 Å². The molecule has 1 rings (SSSR count). The van der Waals surface area contributed by atoms with Crippen LogP contribution in [0.15, 0.2) is 4.34 Å². The molecule has 0 bridgehead atoms. The Kier molecular flexibility index (Phi) is 7.62. The minimum absolute atomic E-state index is 0.641. The van der Waals surface area contributed by atoms with Crippen molar-refractivity contribution in [3.05, 3.63) is 0 Å².